The molecule has 1 aromatic heterocycles. The first-order valence-electron chi connectivity index (χ1n) is 9.76. The third kappa shape index (κ3) is 3.63. The second kappa shape index (κ2) is 7.98. The maximum Gasteiger partial charge on any atom is 0.337 e. The average Bonchev–Trinajstić information content (AvgIpc) is 3.14. The summed E-state index contributed by atoms with van der Waals surface area (Å²) < 4.78 is 0. The molecule has 0 aliphatic carbocycles. The number of aryl methyl sites for hydroxylation is 2. The zero-order chi connectivity index (χ0) is 22.1. The van der Waals surface area contributed by atoms with Crippen molar-refractivity contribution in [3.8, 4) is 5.75 Å². The van der Waals surface area contributed by atoms with Gasteiger partial charge in [0, 0.05) is 35.6 Å². The number of phenols is 1. The van der Waals surface area contributed by atoms with Gasteiger partial charge >= 0.3 is 12.1 Å². The summed E-state index contributed by atoms with van der Waals surface area (Å²) in [5.74, 6) is 0.204. The number of carbonyl (C=O) groups is 2. The molecule has 31 heavy (non-hydrogen) atoms. The molecule has 0 bridgehead atoms. The van der Waals surface area contributed by atoms with Gasteiger partial charge < -0.3 is 20.7 Å². The van der Waals surface area contributed by atoms with Crippen molar-refractivity contribution < 1.29 is 14.7 Å². The van der Waals surface area contributed by atoms with Crippen LogP contribution in [-0.4, -0.2) is 40.1 Å². The van der Waals surface area contributed by atoms with Crippen molar-refractivity contribution >= 4 is 39.9 Å². The molecule has 1 aliphatic rings. The lowest BCUT2D eigenvalue weighted by Crippen LogP contribution is -2.42. The van der Waals surface area contributed by atoms with E-state index in [-0.39, 0.29) is 24.9 Å². The number of aromatic amines is 1. The number of nitrogens with one attached hydrogen (secondary N) is 4. The van der Waals surface area contributed by atoms with Crippen LogP contribution in [0.1, 0.15) is 22.3 Å². The van der Waals surface area contributed by atoms with Gasteiger partial charge in [-0.15, -0.1) is 4.91 Å². The summed E-state index contributed by atoms with van der Waals surface area (Å²) in [6.07, 6.45) is 3.66. The van der Waals surface area contributed by atoms with Crippen molar-refractivity contribution in [1.29, 1.82) is 0 Å². The summed E-state index contributed by atoms with van der Waals surface area (Å²) in [6.45, 7) is 4.81. The van der Waals surface area contributed by atoms with Gasteiger partial charge in [-0.2, -0.15) is 5.43 Å². The second-order valence-electron chi connectivity index (χ2n) is 7.38. The van der Waals surface area contributed by atoms with Crippen LogP contribution in [-0.2, 0) is 6.54 Å². The quantitative estimate of drug-likeness (QED) is 0.250. The molecular weight excluding hydrogens is 400 g/mol. The first kappa shape index (κ1) is 20.2. The van der Waals surface area contributed by atoms with Crippen molar-refractivity contribution in [2.45, 2.75) is 20.4 Å². The van der Waals surface area contributed by atoms with Gasteiger partial charge in [0.25, 0.3) is 0 Å². The smallest absolute Gasteiger partial charge is 0.337 e. The number of urea groups is 2. The van der Waals surface area contributed by atoms with E-state index in [0.29, 0.717) is 6.54 Å². The van der Waals surface area contributed by atoms with E-state index in [1.165, 1.54) is 0 Å². The summed E-state index contributed by atoms with van der Waals surface area (Å²) in [4.78, 5) is 38.7. The molecule has 0 atom stereocenters. The second-order valence-corrected chi connectivity index (χ2v) is 7.38. The fraction of sp³-hybridized carbons (Fsp3) is 0.238. The third-order valence-corrected chi connectivity index (χ3v) is 5.56. The fourth-order valence-corrected chi connectivity index (χ4v) is 4.05. The number of benzene rings is 2. The predicted octanol–water partition coefficient (Wildman–Crippen LogP) is 3.12. The van der Waals surface area contributed by atoms with Crippen molar-refractivity contribution in [2.24, 2.45) is 5.29 Å². The molecule has 160 valence electrons. The number of carbonyl (C=O) groups excluding carboxylic acids is 2. The Kier molecular flexibility index (Phi) is 5.20. The largest absolute Gasteiger partial charge is 0.508 e. The highest BCUT2D eigenvalue weighted by Crippen LogP contribution is 2.38. The number of H-pyrrole nitrogens is 1. The summed E-state index contributed by atoms with van der Waals surface area (Å²) >= 11 is 0. The molecule has 4 rings (SSSR count). The molecule has 5 N–H and O–H groups in total. The van der Waals surface area contributed by atoms with Gasteiger partial charge in [0.15, 0.2) is 0 Å². The molecule has 3 aromatic rings. The van der Waals surface area contributed by atoms with Crippen molar-refractivity contribution in [1.82, 2.24) is 25.9 Å². The van der Waals surface area contributed by atoms with Gasteiger partial charge in [-0.3, -0.25) is 4.90 Å². The number of hydrogen-bond acceptors (Lipinski definition) is 5. The molecule has 4 amide bonds. The monoisotopic (exact) mass is 422 g/mol. The van der Waals surface area contributed by atoms with Crippen LogP contribution >= 0.6 is 0 Å². The standard InChI is InChI=1S/C21H22N6O4/c1-11-16-10-27(21(30)23-7-6-22-20(29)25-26-31)8-5-14(16)12(2)19-18(11)15-9-13(28)3-4-17(15)24-19/h3-5,8-9,24,28H,6-7,10H2,1-2H3,(H,23,30)(H2,22,25,29,31). The van der Waals surface area contributed by atoms with E-state index in [1.807, 2.05) is 26.0 Å². The molecule has 0 saturated heterocycles. The lowest BCUT2D eigenvalue weighted by molar-refractivity contribution is 0.213. The molecule has 10 nitrogen and oxygen atoms in total. The first-order valence-corrected chi connectivity index (χ1v) is 9.76. The first-order chi connectivity index (χ1) is 14.9. The van der Waals surface area contributed by atoms with E-state index in [0.717, 1.165) is 44.1 Å². The number of fused-ring (bicyclic) bond motifs is 4. The zero-order valence-electron chi connectivity index (χ0n) is 17.1. The topological polar surface area (TPSA) is 139 Å². The summed E-state index contributed by atoms with van der Waals surface area (Å²) in [7, 11) is 0. The van der Waals surface area contributed by atoms with Crippen LogP contribution in [0.15, 0.2) is 29.7 Å². The minimum atomic E-state index is -0.726. The molecule has 2 aromatic carbocycles. The van der Waals surface area contributed by atoms with Crippen LogP contribution in [0.2, 0.25) is 0 Å². The van der Waals surface area contributed by atoms with E-state index in [2.05, 4.69) is 20.9 Å². The molecule has 2 heterocycles. The number of rotatable bonds is 4. The number of aromatic nitrogens is 1. The van der Waals surface area contributed by atoms with Crippen LogP contribution in [0.25, 0.3) is 27.9 Å². The number of nitrogens with zero attached hydrogens (tertiary/aromatic N) is 2. The van der Waals surface area contributed by atoms with Crippen LogP contribution < -0.4 is 16.1 Å². The molecular formula is C21H22N6O4. The Hall–Kier alpha value is -4.08. The Morgan fingerprint density at radius 1 is 1.19 bits per heavy atom. The number of amides is 4. The maximum atomic E-state index is 12.6. The van der Waals surface area contributed by atoms with Crippen LogP contribution in [0.4, 0.5) is 9.59 Å². The number of aromatic hydroxyl groups is 1. The van der Waals surface area contributed by atoms with Gasteiger partial charge in [-0.25, -0.2) is 9.59 Å². The molecule has 0 radical (unpaired) electrons. The highest BCUT2D eigenvalue weighted by Gasteiger charge is 2.23. The zero-order valence-corrected chi connectivity index (χ0v) is 17.1. The predicted molar refractivity (Wildman–Crippen MR) is 117 cm³/mol. The summed E-state index contributed by atoms with van der Waals surface area (Å²) in [5.41, 5.74) is 7.93. The number of hydrogen-bond donors (Lipinski definition) is 5. The number of phenolic OH excluding ortho intramolecular Hbond substituents is 1. The lowest BCUT2D eigenvalue weighted by Gasteiger charge is -2.27. The molecule has 0 saturated carbocycles. The van der Waals surface area contributed by atoms with Crippen LogP contribution in [0.3, 0.4) is 0 Å². The SMILES string of the molecule is Cc1c2c(c(C)c3c1[nH]c1ccc(O)cc13)CN(C(=O)NCCNC(=O)NN=O)C=C2. The van der Waals surface area contributed by atoms with Gasteiger partial charge in [-0.1, -0.05) is 0 Å². The normalized spacial score (nSPS) is 12.6. The van der Waals surface area contributed by atoms with Gasteiger partial charge in [0.1, 0.15) is 5.75 Å². The lowest BCUT2D eigenvalue weighted by atomic mass is 9.90. The minimum Gasteiger partial charge on any atom is -0.508 e. The molecule has 0 fully saturated rings. The molecule has 0 spiro atoms. The Balaban J connectivity index is 1.57. The average molecular weight is 422 g/mol. The van der Waals surface area contributed by atoms with Gasteiger partial charge in [0.2, 0.25) is 0 Å². The Morgan fingerprint density at radius 2 is 1.97 bits per heavy atom. The molecule has 1 aliphatic heterocycles. The van der Waals surface area contributed by atoms with Crippen molar-refractivity contribution in [3.63, 3.8) is 0 Å². The Labute approximate surface area is 177 Å². The van der Waals surface area contributed by atoms with E-state index in [4.69, 9.17) is 0 Å². The Morgan fingerprint density at radius 3 is 2.74 bits per heavy atom. The van der Waals surface area contributed by atoms with Gasteiger partial charge in [0.05, 0.1) is 17.3 Å². The highest BCUT2D eigenvalue weighted by atomic mass is 16.3. The van der Waals surface area contributed by atoms with Crippen LogP contribution in [0, 0.1) is 18.8 Å². The van der Waals surface area contributed by atoms with Gasteiger partial charge in [-0.05, 0) is 60.4 Å². The molecule has 0 unspecified atom stereocenters. The van der Waals surface area contributed by atoms with E-state index >= 15 is 0 Å². The minimum absolute atomic E-state index is 0.152. The van der Waals surface area contributed by atoms with Crippen molar-refractivity contribution in [3.05, 3.63) is 51.6 Å². The Bertz CT molecular complexity index is 1250. The third-order valence-electron chi connectivity index (χ3n) is 5.56. The molecule has 10 heteroatoms. The van der Waals surface area contributed by atoms with Crippen LogP contribution in [0.5, 0.6) is 5.75 Å². The summed E-state index contributed by atoms with van der Waals surface area (Å²) in [6, 6.07) is 4.24. The highest BCUT2D eigenvalue weighted by molar-refractivity contribution is 6.11. The maximum absolute atomic E-state index is 12.6. The van der Waals surface area contributed by atoms with E-state index < -0.39 is 6.03 Å². The van der Waals surface area contributed by atoms with E-state index in [1.54, 1.807) is 28.7 Å². The number of nitroso groups, excluding NO2 is 1. The van der Waals surface area contributed by atoms with Crippen molar-refractivity contribution in [2.75, 3.05) is 13.1 Å². The summed E-state index contributed by atoms with van der Waals surface area (Å²) in [5, 5.41) is 19.3. The fourth-order valence-electron chi connectivity index (χ4n) is 4.05. The van der Waals surface area contributed by atoms with E-state index in [9.17, 15) is 19.6 Å².